The highest BCUT2D eigenvalue weighted by Crippen LogP contribution is 2.44. The van der Waals surface area contributed by atoms with E-state index in [4.69, 9.17) is 14.2 Å². The van der Waals surface area contributed by atoms with Crippen molar-refractivity contribution in [2.24, 2.45) is 0 Å². The molecule has 7 heteroatoms. The summed E-state index contributed by atoms with van der Waals surface area (Å²) >= 11 is 0. The number of hydrogen-bond donors (Lipinski definition) is 1. The summed E-state index contributed by atoms with van der Waals surface area (Å²) in [5, 5.41) is 9.74. The number of rotatable bonds is 8. The van der Waals surface area contributed by atoms with Crippen LogP contribution in [0.4, 0.5) is 5.69 Å². The van der Waals surface area contributed by atoms with E-state index in [1.807, 2.05) is 49.4 Å². The van der Waals surface area contributed by atoms with E-state index in [9.17, 15) is 14.7 Å². The average Bonchev–Trinajstić information content (AvgIpc) is 3.00. The lowest BCUT2D eigenvalue weighted by atomic mass is 9.90. The first kappa shape index (κ1) is 28.5. The number of phenols is 1. The molecule has 43 heavy (non-hydrogen) atoms. The third kappa shape index (κ3) is 6.42. The van der Waals surface area contributed by atoms with E-state index in [-0.39, 0.29) is 42.0 Å². The molecule has 2 fully saturated rings. The highest BCUT2D eigenvalue weighted by atomic mass is 16.6. The standard InChI is InChI=1S/C36H35NO6/c1-23-18-31(43-24(2)38)20-34(42-23)27-10-8-26(9-11-27)28-12-17-32(35(19-28)41-22-25-6-4-3-5-7-25)33-21-36(40)37(33)29-13-15-30(39)16-14-29/h3-17,19,23,31,33-34,39H,18,20-22H2,1-2H3. The number of β-lactam (4-membered cyclic amide) rings is 1. The van der Waals surface area contributed by atoms with Crippen LogP contribution >= 0.6 is 0 Å². The number of phenolic OH excluding ortho intramolecular Hbond substituents is 1. The van der Waals surface area contributed by atoms with E-state index in [1.165, 1.54) is 6.92 Å². The van der Waals surface area contributed by atoms with E-state index in [1.54, 1.807) is 29.2 Å². The van der Waals surface area contributed by atoms with Crippen molar-refractivity contribution >= 4 is 17.6 Å². The molecule has 2 aliphatic rings. The van der Waals surface area contributed by atoms with Gasteiger partial charge in [0.15, 0.2) is 0 Å². The van der Waals surface area contributed by atoms with E-state index < -0.39 is 0 Å². The Hall–Kier alpha value is -4.62. The molecule has 0 bridgehead atoms. The van der Waals surface area contributed by atoms with Crippen LogP contribution < -0.4 is 9.64 Å². The fourth-order valence-electron chi connectivity index (χ4n) is 5.98. The van der Waals surface area contributed by atoms with Crippen molar-refractivity contribution in [1.29, 1.82) is 0 Å². The second-order valence-corrected chi connectivity index (χ2v) is 11.3. The third-order valence-corrected chi connectivity index (χ3v) is 8.10. The van der Waals surface area contributed by atoms with Crippen LogP contribution in [0.1, 0.15) is 61.9 Å². The molecule has 6 rings (SSSR count). The first-order valence-corrected chi connectivity index (χ1v) is 14.7. The Morgan fingerprint density at radius 1 is 0.930 bits per heavy atom. The van der Waals surface area contributed by atoms with Crippen LogP contribution in [0.3, 0.4) is 0 Å². The van der Waals surface area contributed by atoms with Gasteiger partial charge in [-0.15, -0.1) is 0 Å². The van der Waals surface area contributed by atoms with Crippen LogP contribution in [0.25, 0.3) is 11.1 Å². The van der Waals surface area contributed by atoms with Gasteiger partial charge in [0.1, 0.15) is 24.2 Å². The van der Waals surface area contributed by atoms with Gasteiger partial charge in [-0.2, -0.15) is 0 Å². The maximum atomic E-state index is 12.7. The Kier molecular flexibility index (Phi) is 8.16. The topological polar surface area (TPSA) is 85.3 Å². The van der Waals surface area contributed by atoms with Crippen LogP contribution in [-0.2, 0) is 25.7 Å². The summed E-state index contributed by atoms with van der Waals surface area (Å²) < 4.78 is 18.1. The number of carbonyl (C=O) groups is 2. The number of amides is 1. The van der Waals surface area contributed by atoms with Gasteiger partial charge >= 0.3 is 5.97 Å². The molecule has 4 atom stereocenters. The van der Waals surface area contributed by atoms with Gasteiger partial charge in [0.2, 0.25) is 5.91 Å². The summed E-state index contributed by atoms with van der Waals surface area (Å²) in [6, 6.07) is 31.0. The van der Waals surface area contributed by atoms with Crippen molar-refractivity contribution in [3.05, 3.63) is 114 Å². The van der Waals surface area contributed by atoms with Gasteiger partial charge in [0.25, 0.3) is 0 Å². The monoisotopic (exact) mass is 577 g/mol. The molecule has 2 heterocycles. The number of hydrogen-bond acceptors (Lipinski definition) is 6. The Morgan fingerprint density at radius 2 is 1.65 bits per heavy atom. The Labute approximate surface area is 251 Å². The van der Waals surface area contributed by atoms with Crippen LogP contribution in [0, 0.1) is 0 Å². The molecular formula is C36H35NO6. The van der Waals surface area contributed by atoms with Crippen molar-refractivity contribution in [1.82, 2.24) is 0 Å². The molecule has 0 saturated carbocycles. The third-order valence-electron chi connectivity index (χ3n) is 8.10. The number of benzene rings is 4. The predicted octanol–water partition coefficient (Wildman–Crippen LogP) is 7.29. The lowest BCUT2D eigenvalue weighted by Gasteiger charge is -2.41. The molecule has 7 nitrogen and oxygen atoms in total. The number of carbonyl (C=O) groups excluding carboxylic acids is 2. The number of ether oxygens (including phenoxy) is 3. The molecule has 4 unspecified atom stereocenters. The summed E-state index contributed by atoms with van der Waals surface area (Å²) in [6.07, 6.45) is 1.42. The minimum Gasteiger partial charge on any atom is -0.508 e. The minimum absolute atomic E-state index is 0.000767. The number of anilines is 1. The van der Waals surface area contributed by atoms with Gasteiger partial charge in [0, 0.05) is 31.0 Å². The Morgan fingerprint density at radius 3 is 2.35 bits per heavy atom. The molecule has 1 N–H and O–H groups in total. The van der Waals surface area contributed by atoms with Gasteiger partial charge in [-0.05, 0) is 59.5 Å². The molecule has 4 aromatic carbocycles. The second kappa shape index (κ2) is 12.3. The fourth-order valence-corrected chi connectivity index (χ4v) is 5.98. The molecule has 0 radical (unpaired) electrons. The van der Waals surface area contributed by atoms with E-state index in [2.05, 4.69) is 30.3 Å². The summed E-state index contributed by atoms with van der Waals surface area (Å²) in [5.74, 6) is 0.642. The molecule has 0 aromatic heterocycles. The zero-order valence-corrected chi connectivity index (χ0v) is 24.3. The maximum absolute atomic E-state index is 12.7. The van der Waals surface area contributed by atoms with Gasteiger partial charge in [-0.1, -0.05) is 66.7 Å². The molecule has 1 amide bonds. The number of nitrogens with zero attached hydrogens (tertiary/aromatic N) is 1. The first-order chi connectivity index (χ1) is 20.8. The van der Waals surface area contributed by atoms with Gasteiger partial charge in [-0.25, -0.2) is 0 Å². The predicted molar refractivity (Wildman–Crippen MR) is 164 cm³/mol. The van der Waals surface area contributed by atoms with E-state index in [0.717, 1.165) is 39.3 Å². The fraction of sp³-hybridized carbons (Fsp3) is 0.278. The summed E-state index contributed by atoms with van der Waals surface area (Å²) in [7, 11) is 0. The van der Waals surface area contributed by atoms with Gasteiger partial charge in [0.05, 0.1) is 24.7 Å². The summed E-state index contributed by atoms with van der Waals surface area (Å²) in [5.41, 5.74) is 5.79. The van der Waals surface area contributed by atoms with Gasteiger partial charge < -0.3 is 24.2 Å². The first-order valence-electron chi connectivity index (χ1n) is 14.7. The molecule has 2 saturated heterocycles. The van der Waals surface area contributed by atoms with Crippen molar-refractivity contribution < 1.29 is 28.9 Å². The minimum atomic E-state index is -0.264. The number of esters is 1. The normalized spacial score (nSPS) is 21.6. The zero-order chi connectivity index (χ0) is 29.9. The SMILES string of the molecule is CC(=O)OC1CC(C)OC(c2ccc(-c3ccc(C4CC(=O)N4c4ccc(O)cc4)c(OCc4ccccc4)c3)cc2)C1. The van der Waals surface area contributed by atoms with Crippen LogP contribution in [-0.4, -0.2) is 29.2 Å². The van der Waals surface area contributed by atoms with Crippen molar-refractivity contribution in [2.75, 3.05) is 4.90 Å². The quantitative estimate of drug-likeness (QED) is 0.175. The molecular weight excluding hydrogens is 542 g/mol. The van der Waals surface area contributed by atoms with Gasteiger partial charge in [-0.3, -0.25) is 9.59 Å². The Balaban J connectivity index is 1.27. The highest BCUT2D eigenvalue weighted by molar-refractivity contribution is 6.01. The number of aromatic hydroxyl groups is 1. The van der Waals surface area contributed by atoms with Crippen molar-refractivity contribution in [2.45, 2.75) is 64.1 Å². The lowest BCUT2D eigenvalue weighted by Crippen LogP contribution is -2.46. The van der Waals surface area contributed by atoms with Crippen molar-refractivity contribution in [3.8, 4) is 22.6 Å². The molecule has 0 spiro atoms. The smallest absolute Gasteiger partial charge is 0.302 e. The van der Waals surface area contributed by atoms with E-state index in [0.29, 0.717) is 25.9 Å². The molecule has 220 valence electrons. The van der Waals surface area contributed by atoms with Crippen LogP contribution in [0.5, 0.6) is 11.5 Å². The largest absolute Gasteiger partial charge is 0.508 e. The summed E-state index contributed by atoms with van der Waals surface area (Å²) in [6.45, 7) is 3.85. The van der Waals surface area contributed by atoms with Crippen LogP contribution in [0.15, 0.2) is 97.1 Å². The second-order valence-electron chi connectivity index (χ2n) is 11.3. The Bertz CT molecular complexity index is 1580. The molecule has 2 aliphatic heterocycles. The molecule has 4 aromatic rings. The van der Waals surface area contributed by atoms with Crippen molar-refractivity contribution in [3.63, 3.8) is 0 Å². The van der Waals surface area contributed by atoms with Crippen LogP contribution in [0.2, 0.25) is 0 Å². The zero-order valence-electron chi connectivity index (χ0n) is 24.3. The summed E-state index contributed by atoms with van der Waals surface area (Å²) in [4.78, 5) is 26.0. The lowest BCUT2D eigenvalue weighted by molar-refractivity contribution is -0.158. The maximum Gasteiger partial charge on any atom is 0.302 e. The average molecular weight is 578 g/mol. The van der Waals surface area contributed by atoms with E-state index >= 15 is 0 Å². The highest BCUT2D eigenvalue weighted by Gasteiger charge is 2.40. The molecule has 0 aliphatic carbocycles.